The number of nitrogens with zero attached hydrogens (tertiary/aromatic N) is 2. The number of hydrogen-bond acceptors (Lipinski definition) is 3. The third-order valence-electron chi connectivity index (χ3n) is 5.04. The Morgan fingerprint density at radius 2 is 1.67 bits per heavy atom. The van der Waals surface area contributed by atoms with E-state index in [9.17, 15) is 0 Å². The van der Waals surface area contributed by atoms with Gasteiger partial charge in [-0.3, -0.25) is 4.90 Å². The van der Waals surface area contributed by atoms with Crippen LogP contribution in [0.2, 0.25) is 0 Å². The molecule has 0 spiro atoms. The molecule has 1 aromatic carbocycles. The van der Waals surface area contributed by atoms with Gasteiger partial charge in [-0.05, 0) is 37.1 Å². The fourth-order valence-electron chi connectivity index (χ4n) is 3.71. The summed E-state index contributed by atoms with van der Waals surface area (Å²) in [6, 6.07) is 9.99. The molecule has 1 aliphatic carbocycles. The highest BCUT2D eigenvalue weighted by Crippen LogP contribution is 2.25. The van der Waals surface area contributed by atoms with Gasteiger partial charge in [0.25, 0.3) is 0 Å². The minimum Gasteiger partial charge on any atom is -0.369 e. The standard InChI is InChI=1S/C18H29N3/c1-2-19-15-16-7-9-18(10-8-16)21-13-11-20(12-14-21)17-5-3-4-6-17/h7-10,17,19H,2-6,11-15H2,1H3. The maximum absolute atomic E-state index is 3.38. The highest BCUT2D eigenvalue weighted by atomic mass is 15.3. The van der Waals surface area contributed by atoms with Crippen molar-refractivity contribution < 1.29 is 0 Å². The number of hydrogen-bond donors (Lipinski definition) is 1. The van der Waals surface area contributed by atoms with Crippen LogP contribution < -0.4 is 10.2 Å². The molecule has 1 aliphatic heterocycles. The molecule has 3 nitrogen and oxygen atoms in total. The first kappa shape index (κ1) is 14.9. The third kappa shape index (κ3) is 3.78. The van der Waals surface area contributed by atoms with Crippen molar-refractivity contribution in [1.29, 1.82) is 0 Å². The van der Waals surface area contributed by atoms with Crippen LogP contribution in [-0.2, 0) is 6.54 Å². The van der Waals surface area contributed by atoms with E-state index in [0.717, 1.165) is 19.1 Å². The molecule has 0 aromatic heterocycles. The average Bonchev–Trinajstić information content (AvgIpc) is 3.08. The van der Waals surface area contributed by atoms with Gasteiger partial charge in [-0.2, -0.15) is 0 Å². The van der Waals surface area contributed by atoms with E-state index < -0.39 is 0 Å². The van der Waals surface area contributed by atoms with Gasteiger partial charge in [0.15, 0.2) is 0 Å². The van der Waals surface area contributed by atoms with Crippen LogP contribution in [0.1, 0.15) is 38.2 Å². The third-order valence-corrected chi connectivity index (χ3v) is 5.04. The summed E-state index contributed by atoms with van der Waals surface area (Å²) < 4.78 is 0. The molecule has 0 unspecified atom stereocenters. The number of nitrogens with one attached hydrogen (secondary N) is 1. The number of piperazine rings is 1. The van der Waals surface area contributed by atoms with E-state index in [0.29, 0.717) is 0 Å². The number of rotatable bonds is 5. The average molecular weight is 287 g/mol. The smallest absolute Gasteiger partial charge is 0.0367 e. The monoisotopic (exact) mass is 287 g/mol. The van der Waals surface area contributed by atoms with Crippen LogP contribution in [0.25, 0.3) is 0 Å². The van der Waals surface area contributed by atoms with Crippen molar-refractivity contribution in [3.8, 4) is 0 Å². The van der Waals surface area contributed by atoms with Gasteiger partial charge < -0.3 is 10.2 Å². The maximum Gasteiger partial charge on any atom is 0.0367 e. The molecule has 3 heteroatoms. The van der Waals surface area contributed by atoms with Gasteiger partial charge in [0.2, 0.25) is 0 Å². The molecule has 1 N–H and O–H groups in total. The highest BCUT2D eigenvalue weighted by molar-refractivity contribution is 5.48. The second kappa shape index (κ2) is 7.28. The Labute approximate surface area is 129 Å². The van der Waals surface area contributed by atoms with Gasteiger partial charge >= 0.3 is 0 Å². The Bertz CT molecular complexity index is 415. The van der Waals surface area contributed by atoms with E-state index >= 15 is 0 Å². The topological polar surface area (TPSA) is 18.5 Å². The zero-order valence-electron chi connectivity index (χ0n) is 13.4. The maximum atomic E-state index is 3.38. The van der Waals surface area contributed by atoms with Crippen LogP contribution in [-0.4, -0.2) is 43.7 Å². The number of benzene rings is 1. The van der Waals surface area contributed by atoms with Crippen LogP contribution in [0.4, 0.5) is 5.69 Å². The second-order valence-corrected chi connectivity index (χ2v) is 6.41. The summed E-state index contributed by atoms with van der Waals surface area (Å²) in [7, 11) is 0. The summed E-state index contributed by atoms with van der Waals surface area (Å²) >= 11 is 0. The van der Waals surface area contributed by atoms with Gasteiger partial charge in [-0.25, -0.2) is 0 Å². The van der Waals surface area contributed by atoms with Gasteiger partial charge in [-0.1, -0.05) is 31.9 Å². The Morgan fingerprint density at radius 3 is 2.29 bits per heavy atom. The molecule has 0 atom stereocenters. The summed E-state index contributed by atoms with van der Waals surface area (Å²) in [4.78, 5) is 5.27. The van der Waals surface area contributed by atoms with Crippen molar-refractivity contribution in [3.63, 3.8) is 0 Å². The molecule has 116 valence electrons. The lowest BCUT2D eigenvalue weighted by Crippen LogP contribution is -2.49. The SMILES string of the molecule is CCNCc1ccc(N2CCN(C3CCCC3)CC2)cc1. The minimum atomic E-state index is 0.884. The van der Waals surface area contributed by atoms with E-state index in [-0.39, 0.29) is 0 Å². The van der Waals surface area contributed by atoms with Crippen molar-refractivity contribution in [2.24, 2.45) is 0 Å². The van der Waals surface area contributed by atoms with E-state index in [1.165, 1.54) is 63.1 Å². The molecule has 1 saturated heterocycles. The lowest BCUT2D eigenvalue weighted by atomic mass is 10.1. The van der Waals surface area contributed by atoms with Gasteiger partial charge in [0, 0.05) is 44.5 Å². The summed E-state index contributed by atoms with van der Waals surface area (Å²) in [6.07, 6.45) is 5.74. The lowest BCUT2D eigenvalue weighted by molar-refractivity contribution is 0.187. The molecule has 2 fully saturated rings. The number of anilines is 1. The predicted octanol–water partition coefficient (Wildman–Crippen LogP) is 2.86. The fourth-order valence-corrected chi connectivity index (χ4v) is 3.71. The Balaban J connectivity index is 1.51. The molecule has 2 aliphatic rings. The zero-order valence-corrected chi connectivity index (χ0v) is 13.4. The molecule has 0 amide bonds. The van der Waals surface area contributed by atoms with E-state index in [1.54, 1.807) is 0 Å². The first-order valence-electron chi connectivity index (χ1n) is 8.65. The zero-order chi connectivity index (χ0) is 14.5. The molecule has 3 rings (SSSR count). The molecule has 0 radical (unpaired) electrons. The van der Waals surface area contributed by atoms with E-state index in [1.807, 2.05) is 0 Å². The molecule has 1 saturated carbocycles. The fraction of sp³-hybridized carbons (Fsp3) is 0.667. The van der Waals surface area contributed by atoms with Crippen LogP contribution in [0.3, 0.4) is 0 Å². The lowest BCUT2D eigenvalue weighted by Gasteiger charge is -2.39. The predicted molar refractivity (Wildman–Crippen MR) is 89.9 cm³/mol. The van der Waals surface area contributed by atoms with Crippen LogP contribution in [0.5, 0.6) is 0 Å². The highest BCUT2D eigenvalue weighted by Gasteiger charge is 2.26. The molecule has 1 aromatic rings. The van der Waals surface area contributed by atoms with Crippen molar-refractivity contribution >= 4 is 5.69 Å². The Kier molecular flexibility index (Phi) is 5.15. The molecular formula is C18H29N3. The van der Waals surface area contributed by atoms with Crippen LogP contribution in [0.15, 0.2) is 24.3 Å². The quantitative estimate of drug-likeness (QED) is 0.898. The largest absolute Gasteiger partial charge is 0.369 e. The Morgan fingerprint density at radius 1 is 1.00 bits per heavy atom. The van der Waals surface area contributed by atoms with Crippen LogP contribution >= 0.6 is 0 Å². The van der Waals surface area contributed by atoms with Crippen molar-refractivity contribution in [3.05, 3.63) is 29.8 Å². The first-order valence-corrected chi connectivity index (χ1v) is 8.65. The normalized spacial score (nSPS) is 21.1. The van der Waals surface area contributed by atoms with Crippen LogP contribution in [0, 0.1) is 0 Å². The van der Waals surface area contributed by atoms with Crippen molar-refractivity contribution in [2.75, 3.05) is 37.6 Å². The van der Waals surface area contributed by atoms with Crippen molar-refractivity contribution in [1.82, 2.24) is 10.2 Å². The molecule has 1 heterocycles. The van der Waals surface area contributed by atoms with Gasteiger partial charge in [0.1, 0.15) is 0 Å². The minimum absolute atomic E-state index is 0.884. The molecule has 21 heavy (non-hydrogen) atoms. The summed E-state index contributed by atoms with van der Waals surface area (Å²) in [6.45, 7) is 9.01. The van der Waals surface area contributed by atoms with Gasteiger partial charge in [0.05, 0.1) is 0 Å². The molecule has 0 bridgehead atoms. The first-order chi connectivity index (χ1) is 10.4. The van der Waals surface area contributed by atoms with Gasteiger partial charge in [-0.15, -0.1) is 0 Å². The summed E-state index contributed by atoms with van der Waals surface area (Å²) in [5, 5.41) is 3.38. The van der Waals surface area contributed by atoms with Crippen molar-refractivity contribution in [2.45, 2.75) is 45.2 Å². The Hall–Kier alpha value is -1.06. The summed E-state index contributed by atoms with van der Waals surface area (Å²) in [5.74, 6) is 0. The van der Waals surface area contributed by atoms with E-state index in [2.05, 4.69) is 46.3 Å². The molecular weight excluding hydrogens is 258 g/mol. The van der Waals surface area contributed by atoms with E-state index in [4.69, 9.17) is 0 Å². The summed E-state index contributed by atoms with van der Waals surface area (Å²) in [5.41, 5.74) is 2.77. The second-order valence-electron chi connectivity index (χ2n) is 6.41.